The highest BCUT2D eigenvalue weighted by Crippen LogP contribution is 2.37. The van der Waals surface area contributed by atoms with Gasteiger partial charge in [0.25, 0.3) is 23.4 Å². The number of barbiturate groups is 1. The van der Waals surface area contributed by atoms with Gasteiger partial charge in [-0.25, -0.2) is 9.69 Å². The zero-order valence-electron chi connectivity index (χ0n) is 17.6. The van der Waals surface area contributed by atoms with Gasteiger partial charge in [0.2, 0.25) is 0 Å². The van der Waals surface area contributed by atoms with Crippen molar-refractivity contribution >= 4 is 52.8 Å². The zero-order valence-corrected chi connectivity index (χ0v) is 18.3. The number of amides is 5. The normalized spacial score (nSPS) is 14.7. The fraction of sp³-hybridized carbons (Fsp3) is 0.143. The number of nitrogens with one attached hydrogen (secondary N) is 1. The Morgan fingerprint density at radius 3 is 2.47 bits per heavy atom. The molecule has 1 aliphatic rings. The smallest absolute Gasteiger partial charge is 0.335 e. The Labute approximate surface area is 197 Å². The number of carbonyl (C=O) groups is 4. The molecule has 0 atom stereocenters. The lowest BCUT2D eigenvalue weighted by atomic mass is 10.1. The number of nitro groups is 1. The molecule has 34 heavy (non-hydrogen) atoms. The summed E-state index contributed by atoms with van der Waals surface area (Å²) in [5.74, 6) is -2.45. The highest BCUT2D eigenvalue weighted by Gasteiger charge is 2.37. The molecule has 12 nitrogen and oxygen atoms in total. The summed E-state index contributed by atoms with van der Waals surface area (Å²) in [7, 11) is 0. The van der Waals surface area contributed by atoms with Gasteiger partial charge in [-0.3, -0.25) is 29.8 Å². The number of carbonyl (C=O) groups excluding carboxylic acids is 4. The van der Waals surface area contributed by atoms with Crippen molar-refractivity contribution in [2.45, 2.75) is 6.92 Å². The van der Waals surface area contributed by atoms with E-state index in [0.29, 0.717) is 4.90 Å². The highest BCUT2D eigenvalue weighted by atomic mass is 35.5. The van der Waals surface area contributed by atoms with E-state index in [1.165, 1.54) is 30.3 Å². The number of nitro benzene ring substituents is 1. The van der Waals surface area contributed by atoms with Gasteiger partial charge >= 0.3 is 6.03 Å². The van der Waals surface area contributed by atoms with Crippen molar-refractivity contribution in [2.75, 3.05) is 18.1 Å². The lowest BCUT2D eigenvalue weighted by Gasteiger charge is -2.26. The van der Waals surface area contributed by atoms with Crippen LogP contribution in [0.2, 0.25) is 5.02 Å². The Bertz CT molecular complexity index is 1230. The van der Waals surface area contributed by atoms with Crippen LogP contribution in [-0.2, 0) is 14.4 Å². The molecule has 0 aliphatic carbocycles. The van der Waals surface area contributed by atoms with Gasteiger partial charge in [-0.05, 0) is 42.8 Å². The van der Waals surface area contributed by atoms with Crippen molar-refractivity contribution in [3.8, 4) is 11.5 Å². The Hall–Kier alpha value is -4.45. The van der Waals surface area contributed by atoms with Crippen molar-refractivity contribution in [1.82, 2.24) is 5.32 Å². The molecule has 0 aromatic heterocycles. The van der Waals surface area contributed by atoms with E-state index in [1.807, 2.05) is 5.32 Å². The lowest BCUT2D eigenvalue weighted by molar-refractivity contribution is -0.384. The molecule has 2 aromatic carbocycles. The van der Waals surface area contributed by atoms with Crippen LogP contribution in [0.3, 0.4) is 0 Å². The van der Waals surface area contributed by atoms with Crippen LogP contribution in [0.5, 0.6) is 11.5 Å². The number of non-ortho nitro benzene ring substituents is 1. The van der Waals surface area contributed by atoms with E-state index in [-0.39, 0.29) is 40.1 Å². The summed E-state index contributed by atoms with van der Waals surface area (Å²) in [6.45, 7) is 1.46. The van der Waals surface area contributed by atoms with Gasteiger partial charge in [0, 0.05) is 12.1 Å². The fourth-order valence-electron chi connectivity index (χ4n) is 3.00. The summed E-state index contributed by atoms with van der Waals surface area (Å²) < 4.78 is 10.8. The van der Waals surface area contributed by atoms with E-state index in [9.17, 15) is 29.3 Å². The average molecular weight is 489 g/mol. The summed E-state index contributed by atoms with van der Waals surface area (Å²) in [6.07, 6.45) is 1.19. The van der Waals surface area contributed by atoms with Gasteiger partial charge in [-0.1, -0.05) is 11.6 Å². The standard InChI is InChI=1S/C21H17ClN4O8/c1-2-33-16-9-11(8-15(22)18(16)34-10-17(23)27)7-14-19(28)24-21(30)25(20(14)29)12-3-5-13(6-4-12)26(31)32/h3-9H,2,10H2,1H3,(H2,23,27)(H,24,28,30)/b14-7+. The first kappa shape index (κ1) is 24.2. The number of nitrogens with two attached hydrogens (primary N) is 1. The number of hydrogen-bond donors (Lipinski definition) is 2. The summed E-state index contributed by atoms with van der Waals surface area (Å²) in [5.41, 5.74) is 4.73. The second kappa shape index (κ2) is 10.0. The summed E-state index contributed by atoms with van der Waals surface area (Å²) in [6, 6.07) is 6.43. The van der Waals surface area contributed by atoms with E-state index < -0.39 is 40.9 Å². The molecule has 1 aliphatic heterocycles. The van der Waals surface area contributed by atoms with Crippen molar-refractivity contribution in [1.29, 1.82) is 0 Å². The molecule has 176 valence electrons. The van der Waals surface area contributed by atoms with E-state index in [1.54, 1.807) is 6.92 Å². The highest BCUT2D eigenvalue weighted by molar-refractivity contribution is 6.39. The third kappa shape index (κ3) is 5.13. The van der Waals surface area contributed by atoms with E-state index in [0.717, 1.165) is 12.1 Å². The maximum Gasteiger partial charge on any atom is 0.335 e. The zero-order chi connectivity index (χ0) is 25.0. The number of imide groups is 2. The largest absolute Gasteiger partial charge is 0.490 e. The summed E-state index contributed by atoms with van der Waals surface area (Å²) in [5, 5.41) is 12.9. The molecule has 1 heterocycles. The van der Waals surface area contributed by atoms with Crippen LogP contribution in [0, 0.1) is 10.1 Å². The topological polar surface area (TPSA) is 171 Å². The Morgan fingerprint density at radius 1 is 1.21 bits per heavy atom. The van der Waals surface area contributed by atoms with E-state index in [4.69, 9.17) is 26.8 Å². The first-order valence-electron chi connectivity index (χ1n) is 9.65. The predicted octanol–water partition coefficient (Wildman–Crippen LogP) is 2.18. The van der Waals surface area contributed by atoms with Crippen molar-refractivity contribution < 1.29 is 33.6 Å². The molecule has 1 saturated heterocycles. The summed E-state index contributed by atoms with van der Waals surface area (Å²) >= 11 is 6.24. The number of primary amides is 1. The molecule has 0 unspecified atom stereocenters. The molecule has 0 spiro atoms. The molecule has 0 bridgehead atoms. The number of benzene rings is 2. The molecule has 2 aromatic rings. The van der Waals surface area contributed by atoms with E-state index in [2.05, 4.69) is 0 Å². The van der Waals surface area contributed by atoms with Crippen molar-refractivity contribution in [3.63, 3.8) is 0 Å². The van der Waals surface area contributed by atoms with Crippen molar-refractivity contribution in [3.05, 3.63) is 62.7 Å². The van der Waals surface area contributed by atoms with E-state index >= 15 is 0 Å². The number of ether oxygens (including phenoxy) is 2. The first-order valence-corrected chi connectivity index (χ1v) is 10.0. The van der Waals surface area contributed by atoms with Gasteiger partial charge in [-0.15, -0.1) is 0 Å². The molecule has 3 N–H and O–H groups in total. The maximum absolute atomic E-state index is 13.0. The molecule has 3 rings (SSSR count). The third-order valence-corrected chi connectivity index (χ3v) is 4.70. The van der Waals surface area contributed by atoms with Gasteiger partial charge in [0.1, 0.15) is 5.57 Å². The van der Waals surface area contributed by atoms with Crippen LogP contribution < -0.4 is 25.4 Å². The van der Waals surface area contributed by atoms with Crippen LogP contribution in [0.4, 0.5) is 16.2 Å². The lowest BCUT2D eigenvalue weighted by Crippen LogP contribution is -2.54. The van der Waals surface area contributed by atoms with Crippen LogP contribution in [-0.4, -0.2) is 41.9 Å². The number of anilines is 1. The van der Waals surface area contributed by atoms with Gasteiger partial charge in [-0.2, -0.15) is 0 Å². The Morgan fingerprint density at radius 2 is 1.88 bits per heavy atom. The van der Waals surface area contributed by atoms with Crippen molar-refractivity contribution in [2.24, 2.45) is 5.73 Å². The molecule has 0 saturated carbocycles. The predicted molar refractivity (Wildman–Crippen MR) is 119 cm³/mol. The molecular weight excluding hydrogens is 472 g/mol. The third-order valence-electron chi connectivity index (χ3n) is 4.42. The number of nitrogens with zero attached hydrogens (tertiary/aromatic N) is 2. The van der Waals surface area contributed by atoms with Crippen LogP contribution >= 0.6 is 11.6 Å². The minimum atomic E-state index is -1.01. The van der Waals surface area contributed by atoms with Crippen LogP contribution in [0.1, 0.15) is 12.5 Å². The second-order valence-corrected chi connectivity index (χ2v) is 7.16. The maximum atomic E-state index is 13.0. The summed E-state index contributed by atoms with van der Waals surface area (Å²) in [4.78, 5) is 59.7. The number of rotatable bonds is 8. The average Bonchev–Trinajstić information content (AvgIpc) is 2.76. The minimum Gasteiger partial charge on any atom is -0.490 e. The minimum absolute atomic E-state index is 0.0195. The Kier molecular flexibility index (Phi) is 7.12. The molecule has 0 radical (unpaired) electrons. The first-order chi connectivity index (χ1) is 16.1. The molecule has 13 heteroatoms. The number of hydrogen-bond acceptors (Lipinski definition) is 8. The molecule has 5 amide bonds. The Balaban J connectivity index is 1.99. The van der Waals surface area contributed by atoms with Crippen LogP contribution in [0.15, 0.2) is 42.0 Å². The monoisotopic (exact) mass is 488 g/mol. The molecular formula is C21H17ClN4O8. The molecule has 1 fully saturated rings. The van der Waals surface area contributed by atoms with Crippen LogP contribution in [0.25, 0.3) is 6.08 Å². The van der Waals surface area contributed by atoms with Gasteiger partial charge in [0.15, 0.2) is 18.1 Å². The quantitative estimate of drug-likeness (QED) is 0.246. The SMILES string of the molecule is CCOc1cc(/C=C2\C(=O)NC(=O)N(c3ccc([N+](=O)[O-])cc3)C2=O)cc(Cl)c1OCC(N)=O. The second-order valence-electron chi connectivity index (χ2n) is 6.75. The van der Waals surface area contributed by atoms with Gasteiger partial charge in [0.05, 0.1) is 22.2 Å². The fourth-order valence-corrected chi connectivity index (χ4v) is 3.27. The number of halogens is 1. The van der Waals surface area contributed by atoms with Gasteiger partial charge < -0.3 is 15.2 Å². The number of urea groups is 1.